The number of nitrogens with two attached hydrogens (primary N) is 1. The molecular weight excluding hydrogens is 344 g/mol. The topological polar surface area (TPSA) is 64.3 Å². The predicted molar refractivity (Wildman–Crippen MR) is 90.9 cm³/mol. The number of nitrogens with one attached hydrogen (secondary N) is 1. The summed E-state index contributed by atoms with van der Waals surface area (Å²) >= 11 is 3.44. The molecule has 0 heterocycles. The van der Waals surface area contributed by atoms with Crippen LogP contribution in [0.4, 0.5) is 5.69 Å². The Labute approximate surface area is 139 Å². The van der Waals surface area contributed by atoms with Gasteiger partial charge in [-0.25, -0.2) is 0 Å². The third kappa shape index (κ3) is 3.15. The Balaban J connectivity index is 1.71. The zero-order valence-electron chi connectivity index (χ0n) is 12.8. The van der Waals surface area contributed by atoms with Gasteiger partial charge in [-0.15, -0.1) is 0 Å². The molecule has 2 unspecified atom stereocenters. The summed E-state index contributed by atoms with van der Waals surface area (Å²) in [6.07, 6.45) is 5.43. The van der Waals surface area contributed by atoms with Crippen molar-refractivity contribution in [2.24, 2.45) is 23.5 Å². The number of benzene rings is 1. The number of ether oxygens (including phenoxy) is 1. The lowest BCUT2D eigenvalue weighted by Crippen LogP contribution is -2.48. The fourth-order valence-electron chi connectivity index (χ4n) is 4.02. The van der Waals surface area contributed by atoms with Crippen molar-refractivity contribution in [1.82, 2.24) is 0 Å². The van der Waals surface area contributed by atoms with Gasteiger partial charge in [0.15, 0.2) is 0 Å². The van der Waals surface area contributed by atoms with E-state index in [0.29, 0.717) is 23.6 Å². The molecule has 3 rings (SSSR count). The second kappa shape index (κ2) is 6.59. The Morgan fingerprint density at radius 1 is 1.32 bits per heavy atom. The fourth-order valence-corrected chi connectivity index (χ4v) is 4.38. The first kappa shape index (κ1) is 15.8. The molecule has 2 aliphatic carbocycles. The maximum atomic E-state index is 12.7. The minimum atomic E-state index is 0.0683. The van der Waals surface area contributed by atoms with Crippen LogP contribution < -0.4 is 15.8 Å². The summed E-state index contributed by atoms with van der Waals surface area (Å²) in [6, 6.07) is 5.92. The standard InChI is InChI=1S/C17H23BrN2O2/c1-22-15-6-5-13(18)9-14(15)20-17(21)12-7-10-3-2-4-11(8-12)16(10)19/h5-6,9-12,16H,2-4,7-8,19H2,1H3,(H,20,21). The highest BCUT2D eigenvalue weighted by Crippen LogP contribution is 2.42. The number of hydrogen-bond acceptors (Lipinski definition) is 3. The van der Waals surface area contributed by atoms with Gasteiger partial charge in [0.2, 0.25) is 5.91 Å². The van der Waals surface area contributed by atoms with E-state index in [1.54, 1.807) is 7.11 Å². The van der Waals surface area contributed by atoms with Crippen LogP contribution in [0.2, 0.25) is 0 Å². The molecule has 22 heavy (non-hydrogen) atoms. The number of fused-ring (bicyclic) bond motifs is 2. The number of rotatable bonds is 3. The van der Waals surface area contributed by atoms with Crippen molar-refractivity contribution >= 4 is 27.5 Å². The number of amides is 1. The molecule has 0 radical (unpaired) electrons. The van der Waals surface area contributed by atoms with Crippen LogP contribution >= 0.6 is 15.9 Å². The van der Waals surface area contributed by atoms with Gasteiger partial charge in [-0.2, -0.15) is 0 Å². The molecule has 1 amide bonds. The quantitative estimate of drug-likeness (QED) is 0.859. The second-order valence-electron chi connectivity index (χ2n) is 6.53. The van der Waals surface area contributed by atoms with E-state index in [1.165, 1.54) is 19.3 Å². The summed E-state index contributed by atoms with van der Waals surface area (Å²) in [7, 11) is 1.61. The summed E-state index contributed by atoms with van der Waals surface area (Å²) in [5.74, 6) is 1.86. The van der Waals surface area contributed by atoms with Crippen molar-refractivity contribution < 1.29 is 9.53 Å². The van der Waals surface area contributed by atoms with E-state index in [2.05, 4.69) is 21.2 Å². The van der Waals surface area contributed by atoms with E-state index < -0.39 is 0 Å². The highest BCUT2D eigenvalue weighted by Gasteiger charge is 2.40. The molecule has 3 N–H and O–H groups in total. The predicted octanol–water partition coefficient (Wildman–Crippen LogP) is 3.55. The maximum absolute atomic E-state index is 12.7. The zero-order chi connectivity index (χ0) is 15.7. The molecule has 0 spiro atoms. The first-order valence-corrected chi connectivity index (χ1v) is 8.77. The van der Waals surface area contributed by atoms with Crippen molar-refractivity contribution in [3.05, 3.63) is 22.7 Å². The van der Waals surface area contributed by atoms with Crippen LogP contribution in [0, 0.1) is 17.8 Å². The van der Waals surface area contributed by atoms with Crippen molar-refractivity contribution in [3.8, 4) is 5.75 Å². The monoisotopic (exact) mass is 366 g/mol. The highest BCUT2D eigenvalue weighted by atomic mass is 79.9. The number of hydrogen-bond donors (Lipinski definition) is 2. The summed E-state index contributed by atoms with van der Waals surface area (Å²) < 4.78 is 6.25. The van der Waals surface area contributed by atoms with E-state index in [-0.39, 0.29) is 11.8 Å². The van der Waals surface area contributed by atoms with Gasteiger partial charge in [0.25, 0.3) is 0 Å². The van der Waals surface area contributed by atoms with E-state index in [4.69, 9.17) is 10.5 Å². The van der Waals surface area contributed by atoms with Crippen LogP contribution in [0.5, 0.6) is 5.75 Å². The summed E-state index contributed by atoms with van der Waals surface area (Å²) in [4.78, 5) is 12.7. The molecule has 4 nitrogen and oxygen atoms in total. The van der Waals surface area contributed by atoms with E-state index in [0.717, 1.165) is 23.0 Å². The van der Waals surface area contributed by atoms with Crippen LogP contribution in [-0.4, -0.2) is 19.1 Å². The Morgan fingerprint density at radius 2 is 2.00 bits per heavy atom. The molecule has 2 saturated carbocycles. The fraction of sp³-hybridized carbons (Fsp3) is 0.588. The first-order chi connectivity index (χ1) is 10.6. The number of carbonyl (C=O) groups excluding carboxylic acids is 1. The molecule has 0 aromatic heterocycles. The average molecular weight is 367 g/mol. The van der Waals surface area contributed by atoms with Crippen molar-refractivity contribution in [1.29, 1.82) is 0 Å². The SMILES string of the molecule is COc1ccc(Br)cc1NC(=O)C1CC2CCCC(C1)C2N. The average Bonchev–Trinajstić information content (AvgIpc) is 2.47. The van der Waals surface area contributed by atoms with Gasteiger partial charge in [-0.1, -0.05) is 22.4 Å². The van der Waals surface area contributed by atoms with Crippen LogP contribution in [0.15, 0.2) is 22.7 Å². The van der Waals surface area contributed by atoms with Gasteiger partial charge in [-0.05, 0) is 55.7 Å². The molecule has 2 aliphatic rings. The largest absolute Gasteiger partial charge is 0.495 e. The highest BCUT2D eigenvalue weighted by molar-refractivity contribution is 9.10. The Bertz CT molecular complexity index is 550. The van der Waals surface area contributed by atoms with Gasteiger partial charge >= 0.3 is 0 Å². The number of halogens is 1. The maximum Gasteiger partial charge on any atom is 0.227 e. The minimum Gasteiger partial charge on any atom is -0.495 e. The third-order valence-electron chi connectivity index (χ3n) is 5.20. The normalized spacial score (nSPS) is 30.7. The van der Waals surface area contributed by atoms with Crippen molar-refractivity contribution in [2.45, 2.75) is 38.1 Å². The van der Waals surface area contributed by atoms with Crippen molar-refractivity contribution in [2.75, 3.05) is 12.4 Å². The molecule has 120 valence electrons. The van der Waals surface area contributed by atoms with Crippen LogP contribution in [-0.2, 0) is 4.79 Å². The lowest BCUT2D eigenvalue weighted by Gasteiger charge is -2.43. The minimum absolute atomic E-state index is 0.0683. The number of methoxy groups -OCH3 is 1. The molecule has 0 saturated heterocycles. The van der Waals surface area contributed by atoms with Crippen LogP contribution in [0.3, 0.4) is 0 Å². The van der Waals surface area contributed by atoms with E-state index >= 15 is 0 Å². The van der Waals surface area contributed by atoms with Gasteiger partial charge in [-0.3, -0.25) is 4.79 Å². The van der Waals surface area contributed by atoms with Gasteiger partial charge in [0.05, 0.1) is 12.8 Å². The Morgan fingerprint density at radius 3 is 2.64 bits per heavy atom. The molecule has 1 aromatic carbocycles. The molecular formula is C17H23BrN2O2. The first-order valence-electron chi connectivity index (χ1n) is 7.98. The zero-order valence-corrected chi connectivity index (χ0v) is 14.4. The molecule has 2 fully saturated rings. The summed E-state index contributed by atoms with van der Waals surface area (Å²) in [5, 5.41) is 3.04. The lowest BCUT2D eigenvalue weighted by atomic mass is 9.65. The summed E-state index contributed by atoms with van der Waals surface area (Å²) in [6.45, 7) is 0. The lowest BCUT2D eigenvalue weighted by molar-refractivity contribution is -0.122. The molecule has 1 aromatic rings. The number of anilines is 1. The smallest absolute Gasteiger partial charge is 0.227 e. The number of carbonyl (C=O) groups is 1. The summed E-state index contributed by atoms with van der Waals surface area (Å²) in [5.41, 5.74) is 7.03. The van der Waals surface area contributed by atoms with Crippen LogP contribution in [0.1, 0.15) is 32.1 Å². The van der Waals surface area contributed by atoms with Gasteiger partial charge in [0.1, 0.15) is 5.75 Å². The van der Waals surface area contributed by atoms with Gasteiger partial charge in [0, 0.05) is 16.4 Å². The van der Waals surface area contributed by atoms with Crippen molar-refractivity contribution in [3.63, 3.8) is 0 Å². The molecule has 0 aliphatic heterocycles. The Kier molecular flexibility index (Phi) is 4.73. The van der Waals surface area contributed by atoms with E-state index in [1.807, 2.05) is 18.2 Å². The van der Waals surface area contributed by atoms with Crippen LogP contribution in [0.25, 0.3) is 0 Å². The molecule has 5 heteroatoms. The molecule has 2 atom stereocenters. The molecule has 2 bridgehead atoms. The Hall–Kier alpha value is -1.07. The van der Waals surface area contributed by atoms with E-state index in [9.17, 15) is 4.79 Å². The third-order valence-corrected chi connectivity index (χ3v) is 5.70. The second-order valence-corrected chi connectivity index (χ2v) is 7.45. The van der Waals surface area contributed by atoms with Gasteiger partial charge < -0.3 is 15.8 Å².